The summed E-state index contributed by atoms with van der Waals surface area (Å²) in [5.74, 6) is -0.615. The number of carboxylic acid groups (broad SMARTS) is 1. The van der Waals surface area contributed by atoms with Gasteiger partial charge in [-0.15, -0.1) is 0 Å². The molecule has 1 unspecified atom stereocenters. The molecule has 0 radical (unpaired) electrons. The van der Waals surface area contributed by atoms with E-state index in [-0.39, 0.29) is 24.4 Å². The number of hydrogen-bond acceptors (Lipinski definition) is 3. The van der Waals surface area contributed by atoms with Gasteiger partial charge in [-0.3, -0.25) is 4.79 Å². The first kappa shape index (κ1) is 14.8. The molecule has 0 bridgehead atoms. The van der Waals surface area contributed by atoms with Crippen molar-refractivity contribution in [3.05, 3.63) is 0 Å². The largest absolute Gasteiger partial charge is 0.481 e. The van der Waals surface area contributed by atoms with Crippen molar-refractivity contribution in [2.75, 3.05) is 19.6 Å². The molecule has 0 saturated carbocycles. The van der Waals surface area contributed by atoms with Crippen LogP contribution in [0.25, 0.3) is 0 Å². The Labute approximate surface area is 108 Å². The third-order valence-electron chi connectivity index (χ3n) is 3.28. The van der Waals surface area contributed by atoms with E-state index in [4.69, 9.17) is 10.8 Å². The van der Waals surface area contributed by atoms with E-state index in [1.807, 2.05) is 6.92 Å². The second-order valence-corrected chi connectivity index (χ2v) is 5.05. The summed E-state index contributed by atoms with van der Waals surface area (Å²) < 4.78 is 0. The van der Waals surface area contributed by atoms with Gasteiger partial charge in [-0.05, 0) is 25.2 Å². The van der Waals surface area contributed by atoms with E-state index in [0.29, 0.717) is 26.1 Å². The minimum absolute atomic E-state index is 0.0657. The van der Waals surface area contributed by atoms with Crippen molar-refractivity contribution < 1.29 is 14.7 Å². The van der Waals surface area contributed by atoms with Crippen LogP contribution in [-0.2, 0) is 4.79 Å². The number of aliphatic carboxylic acids is 1. The first-order valence-corrected chi connectivity index (χ1v) is 6.49. The minimum Gasteiger partial charge on any atom is -0.481 e. The number of hydrogen-bond donors (Lipinski definition) is 3. The lowest BCUT2D eigenvalue weighted by Gasteiger charge is -2.30. The maximum atomic E-state index is 11.8. The van der Waals surface area contributed by atoms with Crippen LogP contribution < -0.4 is 11.1 Å². The highest BCUT2D eigenvalue weighted by molar-refractivity contribution is 5.74. The highest BCUT2D eigenvalue weighted by atomic mass is 16.4. The average Bonchev–Trinajstić information content (AvgIpc) is 2.34. The number of nitrogens with two attached hydrogens (primary N) is 1. The zero-order valence-corrected chi connectivity index (χ0v) is 10.9. The molecule has 0 spiro atoms. The molecule has 1 rings (SSSR count). The van der Waals surface area contributed by atoms with Crippen LogP contribution in [0.15, 0.2) is 0 Å². The van der Waals surface area contributed by atoms with Gasteiger partial charge in [0, 0.05) is 32.1 Å². The topological polar surface area (TPSA) is 95.7 Å². The van der Waals surface area contributed by atoms with E-state index in [1.165, 1.54) is 0 Å². The number of amides is 2. The SMILES string of the molecule is CC(CCC(=O)O)CNC(=O)N1CCC(N)CC1. The second kappa shape index (κ2) is 7.20. The highest BCUT2D eigenvalue weighted by Crippen LogP contribution is 2.09. The maximum absolute atomic E-state index is 11.8. The maximum Gasteiger partial charge on any atom is 0.317 e. The molecule has 0 aromatic heterocycles. The average molecular weight is 257 g/mol. The molecule has 104 valence electrons. The number of nitrogens with zero attached hydrogens (tertiary/aromatic N) is 1. The Balaban J connectivity index is 2.18. The van der Waals surface area contributed by atoms with Gasteiger partial charge in [0.05, 0.1) is 0 Å². The minimum atomic E-state index is -0.793. The fourth-order valence-corrected chi connectivity index (χ4v) is 1.95. The molecule has 6 heteroatoms. The van der Waals surface area contributed by atoms with E-state index in [9.17, 15) is 9.59 Å². The van der Waals surface area contributed by atoms with Crippen LogP contribution in [-0.4, -0.2) is 47.7 Å². The molecular formula is C12H23N3O3. The fraction of sp³-hybridized carbons (Fsp3) is 0.833. The summed E-state index contributed by atoms with van der Waals surface area (Å²) in [6, 6.07) is 0.146. The van der Waals surface area contributed by atoms with Crippen LogP contribution in [0.4, 0.5) is 4.79 Å². The molecule has 1 heterocycles. The molecule has 0 aromatic rings. The van der Waals surface area contributed by atoms with Gasteiger partial charge in [-0.1, -0.05) is 6.92 Å². The van der Waals surface area contributed by atoms with Gasteiger partial charge >= 0.3 is 12.0 Å². The van der Waals surface area contributed by atoms with Crippen molar-refractivity contribution >= 4 is 12.0 Å². The molecule has 2 amide bonds. The van der Waals surface area contributed by atoms with Crippen molar-refractivity contribution in [1.29, 1.82) is 0 Å². The van der Waals surface area contributed by atoms with Crippen LogP contribution in [0.2, 0.25) is 0 Å². The third kappa shape index (κ3) is 5.35. The highest BCUT2D eigenvalue weighted by Gasteiger charge is 2.20. The summed E-state index contributed by atoms with van der Waals surface area (Å²) >= 11 is 0. The number of carboxylic acids is 1. The molecule has 1 saturated heterocycles. The molecule has 1 aliphatic heterocycles. The van der Waals surface area contributed by atoms with E-state index in [1.54, 1.807) is 4.90 Å². The van der Waals surface area contributed by atoms with Gasteiger partial charge in [0.15, 0.2) is 0 Å². The number of carbonyl (C=O) groups is 2. The molecule has 0 aliphatic carbocycles. The fourth-order valence-electron chi connectivity index (χ4n) is 1.95. The van der Waals surface area contributed by atoms with Crippen LogP contribution in [0.1, 0.15) is 32.6 Å². The van der Waals surface area contributed by atoms with Crippen LogP contribution in [0, 0.1) is 5.92 Å². The van der Waals surface area contributed by atoms with Crippen LogP contribution in [0.5, 0.6) is 0 Å². The van der Waals surface area contributed by atoms with E-state index >= 15 is 0 Å². The van der Waals surface area contributed by atoms with Gasteiger partial charge in [-0.25, -0.2) is 4.79 Å². The molecular weight excluding hydrogens is 234 g/mol. The van der Waals surface area contributed by atoms with E-state index in [0.717, 1.165) is 12.8 Å². The van der Waals surface area contributed by atoms with Crippen LogP contribution in [0.3, 0.4) is 0 Å². The molecule has 1 atom stereocenters. The summed E-state index contributed by atoms with van der Waals surface area (Å²) in [7, 11) is 0. The molecule has 0 aromatic carbocycles. The predicted octanol–water partition coefficient (Wildman–Crippen LogP) is 0.620. The number of urea groups is 1. The molecule has 4 N–H and O–H groups in total. The Bertz CT molecular complexity index is 288. The molecule has 18 heavy (non-hydrogen) atoms. The lowest BCUT2D eigenvalue weighted by Crippen LogP contribution is -2.47. The summed E-state index contributed by atoms with van der Waals surface area (Å²) in [5, 5.41) is 11.4. The third-order valence-corrected chi connectivity index (χ3v) is 3.28. The Kier molecular flexibility index (Phi) is 5.91. The lowest BCUT2D eigenvalue weighted by molar-refractivity contribution is -0.137. The standard InChI is InChI=1S/C12H23N3O3/c1-9(2-3-11(16)17)8-14-12(18)15-6-4-10(13)5-7-15/h9-10H,2-8,13H2,1H3,(H,14,18)(H,16,17). The van der Waals surface area contributed by atoms with Gasteiger partial charge < -0.3 is 21.1 Å². The monoisotopic (exact) mass is 257 g/mol. The van der Waals surface area contributed by atoms with Crippen molar-refractivity contribution in [3.8, 4) is 0 Å². The molecule has 1 fully saturated rings. The Morgan fingerprint density at radius 3 is 2.61 bits per heavy atom. The van der Waals surface area contributed by atoms with Crippen LogP contribution >= 0.6 is 0 Å². The van der Waals surface area contributed by atoms with Gasteiger partial charge in [-0.2, -0.15) is 0 Å². The zero-order valence-electron chi connectivity index (χ0n) is 10.9. The summed E-state index contributed by atoms with van der Waals surface area (Å²) in [6.07, 6.45) is 2.43. The van der Waals surface area contributed by atoms with Crippen molar-refractivity contribution in [1.82, 2.24) is 10.2 Å². The van der Waals surface area contributed by atoms with Crippen molar-refractivity contribution in [2.24, 2.45) is 11.7 Å². The van der Waals surface area contributed by atoms with Crippen molar-refractivity contribution in [3.63, 3.8) is 0 Å². The predicted molar refractivity (Wildman–Crippen MR) is 68.2 cm³/mol. The summed E-state index contributed by atoms with van der Waals surface area (Å²) in [4.78, 5) is 24.0. The smallest absolute Gasteiger partial charge is 0.317 e. The number of carbonyl (C=O) groups excluding carboxylic acids is 1. The van der Waals surface area contributed by atoms with Gasteiger partial charge in [0.2, 0.25) is 0 Å². The Morgan fingerprint density at radius 1 is 1.44 bits per heavy atom. The number of nitrogens with one attached hydrogen (secondary N) is 1. The van der Waals surface area contributed by atoms with Gasteiger partial charge in [0.1, 0.15) is 0 Å². The number of rotatable bonds is 5. The van der Waals surface area contributed by atoms with E-state index < -0.39 is 5.97 Å². The number of piperidine rings is 1. The van der Waals surface area contributed by atoms with Crippen molar-refractivity contribution in [2.45, 2.75) is 38.6 Å². The second-order valence-electron chi connectivity index (χ2n) is 5.05. The van der Waals surface area contributed by atoms with Gasteiger partial charge in [0.25, 0.3) is 0 Å². The molecule has 1 aliphatic rings. The quantitative estimate of drug-likeness (QED) is 0.672. The molecule has 6 nitrogen and oxygen atoms in total. The summed E-state index contributed by atoms with van der Waals surface area (Å²) in [5.41, 5.74) is 5.77. The first-order valence-electron chi connectivity index (χ1n) is 6.49. The zero-order chi connectivity index (χ0) is 13.5. The lowest BCUT2D eigenvalue weighted by atomic mass is 10.1. The Hall–Kier alpha value is -1.30. The summed E-state index contributed by atoms with van der Waals surface area (Å²) in [6.45, 7) is 3.87. The number of likely N-dealkylation sites (tertiary alicyclic amines) is 1. The first-order chi connectivity index (χ1) is 8.49. The normalized spacial score (nSPS) is 18.4. The Morgan fingerprint density at radius 2 is 2.06 bits per heavy atom. The van der Waals surface area contributed by atoms with E-state index in [2.05, 4.69) is 5.32 Å².